The molecule has 1 fully saturated rings. The van der Waals surface area contributed by atoms with E-state index in [-0.39, 0.29) is 5.41 Å². The number of hydrogen-bond donors (Lipinski definition) is 1. The highest BCUT2D eigenvalue weighted by molar-refractivity contribution is 6.35. The molecule has 0 saturated heterocycles. The van der Waals surface area contributed by atoms with Crippen LogP contribution in [-0.2, 0) is 5.41 Å². The topological polar surface area (TPSA) is 12.0 Å². The molecule has 1 N–H and O–H groups in total. The Kier molecular flexibility index (Phi) is 5.28. The third-order valence-corrected chi connectivity index (χ3v) is 5.44. The fraction of sp³-hybridized carbons (Fsp3) is 0.667. The molecule has 21 heavy (non-hydrogen) atoms. The van der Waals surface area contributed by atoms with Crippen LogP contribution in [0.3, 0.4) is 0 Å². The fourth-order valence-electron chi connectivity index (χ4n) is 3.38. The molecule has 0 atom stereocenters. The lowest BCUT2D eigenvalue weighted by Crippen LogP contribution is -2.52. The smallest absolute Gasteiger partial charge is 0.0458 e. The predicted molar refractivity (Wildman–Crippen MR) is 93.5 cm³/mol. The Morgan fingerprint density at radius 2 is 1.90 bits per heavy atom. The number of nitrogens with one attached hydrogen (secondary N) is 1. The van der Waals surface area contributed by atoms with Gasteiger partial charge in [-0.05, 0) is 54.8 Å². The van der Waals surface area contributed by atoms with E-state index >= 15 is 0 Å². The van der Waals surface area contributed by atoms with E-state index in [2.05, 4.69) is 39.1 Å². The summed E-state index contributed by atoms with van der Waals surface area (Å²) in [5.74, 6) is 0.757. The van der Waals surface area contributed by atoms with Crippen molar-refractivity contribution in [2.75, 3.05) is 13.1 Å². The summed E-state index contributed by atoms with van der Waals surface area (Å²) in [6.45, 7) is 11.3. The lowest BCUT2D eigenvalue weighted by Gasteiger charge is -2.54. The third-order valence-electron chi connectivity index (χ3n) is 4.89. The van der Waals surface area contributed by atoms with Gasteiger partial charge in [-0.3, -0.25) is 0 Å². The van der Waals surface area contributed by atoms with Gasteiger partial charge in [-0.15, -0.1) is 0 Å². The minimum absolute atomic E-state index is 0.175. The van der Waals surface area contributed by atoms with Crippen LogP contribution in [0.1, 0.15) is 52.5 Å². The second-order valence-corrected chi connectivity index (χ2v) is 8.40. The molecular weight excluding hydrogens is 301 g/mol. The van der Waals surface area contributed by atoms with Crippen LogP contribution in [0.4, 0.5) is 0 Å². The molecule has 0 bridgehead atoms. The molecule has 1 aromatic carbocycles. The first-order chi connectivity index (χ1) is 9.78. The molecule has 0 spiro atoms. The molecule has 2 rings (SSSR count). The first kappa shape index (κ1) is 17.1. The standard InChI is InChI=1S/C18H27Cl2N/c1-5-8-21-12-18(10-13(11-18)17(2,3)4)15-7-6-14(19)9-16(15)20/h6-7,9,13,21H,5,8,10-12H2,1-4H3. The highest BCUT2D eigenvalue weighted by Gasteiger charge is 2.49. The molecule has 0 amide bonds. The van der Waals surface area contributed by atoms with Crippen molar-refractivity contribution in [2.45, 2.75) is 52.4 Å². The fourth-order valence-corrected chi connectivity index (χ4v) is 3.99. The van der Waals surface area contributed by atoms with E-state index in [1.807, 2.05) is 12.1 Å². The zero-order chi connectivity index (χ0) is 15.7. The Labute approximate surface area is 139 Å². The van der Waals surface area contributed by atoms with Gasteiger partial charge >= 0.3 is 0 Å². The molecule has 1 aliphatic rings. The van der Waals surface area contributed by atoms with Crippen LogP contribution in [0.5, 0.6) is 0 Å². The summed E-state index contributed by atoms with van der Waals surface area (Å²) in [6.07, 6.45) is 3.57. The van der Waals surface area contributed by atoms with E-state index in [1.165, 1.54) is 18.4 Å². The Balaban J connectivity index is 2.22. The average Bonchev–Trinajstić information content (AvgIpc) is 2.32. The SMILES string of the molecule is CCCNCC1(c2ccc(Cl)cc2Cl)CC(C(C)(C)C)C1. The van der Waals surface area contributed by atoms with Crippen molar-refractivity contribution in [3.05, 3.63) is 33.8 Å². The van der Waals surface area contributed by atoms with Gasteiger partial charge in [-0.25, -0.2) is 0 Å². The predicted octanol–water partition coefficient (Wildman–Crippen LogP) is 5.69. The van der Waals surface area contributed by atoms with E-state index < -0.39 is 0 Å². The maximum Gasteiger partial charge on any atom is 0.0458 e. The maximum atomic E-state index is 6.49. The van der Waals surface area contributed by atoms with Gasteiger partial charge in [-0.2, -0.15) is 0 Å². The Morgan fingerprint density at radius 1 is 1.24 bits per heavy atom. The normalized spacial score (nSPS) is 25.7. The molecule has 1 nitrogen and oxygen atoms in total. The second-order valence-electron chi connectivity index (χ2n) is 7.55. The largest absolute Gasteiger partial charge is 0.316 e. The van der Waals surface area contributed by atoms with E-state index in [0.717, 1.165) is 30.5 Å². The summed E-state index contributed by atoms with van der Waals surface area (Å²) in [7, 11) is 0. The highest BCUT2D eigenvalue weighted by Crippen LogP contribution is 2.55. The van der Waals surface area contributed by atoms with Gasteiger partial charge in [0.15, 0.2) is 0 Å². The van der Waals surface area contributed by atoms with Crippen molar-refractivity contribution in [3.63, 3.8) is 0 Å². The summed E-state index contributed by atoms with van der Waals surface area (Å²) in [5, 5.41) is 5.13. The molecule has 0 aromatic heterocycles. The zero-order valence-electron chi connectivity index (χ0n) is 13.6. The van der Waals surface area contributed by atoms with E-state index in [0.29, 0.717) is 10.4 Å². The lowest BCUT2D eigenvalue weighted by molar-refractivity contribution is 0.0450. The summed E-state index contributed by atoms with van der Waals surface area (Å²) >= 11 is 12.5. The van der Waals surface area contributed by atoms with Crippen LogP contribution in [0.25, 0.3) is 0 Å². The molecule has 3 heteroatoms. The second kappa shape index (κ2) is 6.48. The van der Waals surface area contributed by atoms with Gasteiger partial charge in [0, 0.05) is 22.0 Å². The van der Waals surface area contributed by atoms with Crippen LogP contribution in [0, 0.1) is 11.3 Å². The molecular formula is C18H27Cl2N. The Morgan fingerprint density at radius 3 is 2.43 bits per heavy atom. The van der Waals surface area contributed by atoms with Crippen molar-refractivity contribution < 1.29 is 0 Å². The Hall–Kier alpha value is -0.240. The van der Waals surface area contributed by atoms with Gasteiger partial charge in [0.25, 0.3) is 0 Å². The molecule has 1 saturated carbocycles. The number of rotatable bonds is 5. The summed E-state index contributed by atoms with van der Waals surface area (Å²) < 4.78 is 0. The Bertz CT molecular complexity index is 484. The van der Waals surface area contributed by atoms with Crippen molar-refractivity contribution in [3.8, 4) is 0 Å². The monoisotopic (exact) mass is 327 g/mol. The summed E-state index contributed by atoms with van der Waals surface area (Å²) in [4.78, 5) is 0. The van der Waals surface area contributed by atoms with Gasteiger partial charge in [0.1, 0.15) is 0 Å². The average molecular weight is 328 g/mol. The van der Waals surface area contributed by atoms with E-state index in [1.54, 1.807) is 0 Å². The van der Waals surface area contributed by atoms with Crippen molar-refractivity contribution >= 4 is 23.2 Å². The molecule has 1 aromatic rings. The van der Waals surface area contributed by atoms with Crippen LogP contribution in [0.2, 0.25) is 10.0 Å². The minimum Gasteiger partial charge on any atom is -0.316 e. The number of halogens is 2. The molecule has 0 heterocycles. The van der Waals surface area contributed by atoms with Crippen molar-refractivity contribution in [2.24, 2.45) is 11.3 Å². The van der Waals surface area contributed by atoms with Crippen molar-refractivity contribution in [1.29, 1.82) is 0 Å². The van der Waals surface area contributed by atoms with Crippen LogP contribution in [-0.4, -0.2) is 13.1 Å². The molecule has 118 valence electrons. The van der Waals surface area contributed by atoms with Crippen LogP contribution in [0.15, 0.2) is 18.2 Å². The molecule has 0 aliphatic heterocycles. The first-order valence-electron chi connectivity index (χ1n) is 7.95. The van der Waals surface area contributed by atoms with E-state index in [9.17, 15) is 0 Å². The van der Waals surface area contributed by atoms with Crippen LogP contribution >= 0.6 is 23.2 Å². The third kappa shape index (κ3) is 3.75. The first-order valence-corrected chi connectivity index (χ1v) is 8.70. The van der Waals surface area contributed by atoms with E-state index in [4.69, 9.17) is 23.2 Å². The van der Waals surface area contributed by atoms with Gasteiger partial charge in [0.05, 0.1) is 0 Å². The maximum absolute atomic E-state index is 6.49. The molecule has 1 aliphatic carbocycles. The molecule has 0 radical (unpaired) electrons. The quantitative estimate of drug-likeness (QED) is 0.685. The summed E-state index contributed by atoms with van der Waals surface area (Å²) in [6, 6.07) is 5.97. The van der Waals surface area contributed by atoms with Crippen molar-refractivity contribution in [1.82, 2.24) is 5.32 Å². The number of hydrogen-bond acceptors (Lipinski definition) is 1. The molecule has 0 unspecified atom stereocenters. The summed E-state index contributed by atoms with van der Waals surface area (Å²) in [5.41, 5.74) is 1.81. The van der Waals surface area contributed by atoms with Crippen LogP contribution < -0.4 is 5.32 Å². The minimum atomic E-state index is 0.175. The van der Waals surface area contributed by atoms with Gasteiger partial charge in [0.2, 0.25) is 0 Å². The highest BCUT2D eigenvalue weighted by atomic mass is 35.5. The number of benzene rings is 1. The van der Waals surface area contributed by atoms with Gasteiger partial charge in [-0.1, -0.05) is 57.0 Å². The lowest BCUT2D eigenvalue weighted by atomic mass is 9.52. The van der Waals surface area contributed by atoms with Gasteiger partial charge < -0.3 is 5.32 Å². The zero-order valence-corrected chi connectivity index (χ0v) is 15.1.